The summed E-state index contributed by atoms with van der Waals surface area (Å²) >= 11 is 1.86. The lowest BCUT2D eigenvalue weighted by molar-refractivity contribution is 0.318. The Bertz CT molecular complexity index is 787. The molecule has 0 aliphatic heterocycles. The first-order valence-electron chi connectivity index (χ1n) is 7.73. The van der Waals surface area contributed by atoms with Crippen LogP contribution >= 0.6 is 11.3 Å². The fourth-order valence-corrected chi connectivity index (χ4v) is 4.75. The number of nitriles is 1. The lowest BCUT2D eigenvalue weighted by Gasteiger charge is -2.30. The normalized spacial score (nSPS) is 15.9. The molecule has 3 rings (SSSR count). The molecule has 0 unspecified atom stereocenters. The predicted octanol–water partition coefficient (Wildman–Crippen LogP) is 5.78. The van der Waals surface area contributed by atoms with Gasteiger partial charge in [-0.25, -0.2) is 0 Å². The van der Waals surface area contributed by atoms with Gasteiger partial charge in [0.1, 0.15) is 0 Å². The van der Waals surface area contributed by atoms with Gasteiger partial charge in [-0.2, -0.15) is 5.26 Å². The van der Waals surface area contributed by atoms with E-state index in [2.05, 4.69) is 57.7 Å². The van der Waals surface area contributed by atoms with Crippen molar-refractivity contribution in [1.82, 2.24) is 0 Å². The van der Waals surface area contributed by atoms with Crippen LogP contribution in [-0.4, -0.2) is 0 Å². The molecule has 1 aromatic carbocycles. The molecule has 112 valence electrons. The smallest absolute Gasteiger partial charge is 0.0992 e. The summed E-state index contributed by atoms with van der Waals surface area (Å²) in [6.07, 6.45) is 3.37. The summed E-state index contributed by atoms with van der Waals surface area (Å²) < 4.78 is 0. The van der Waals surface area contributed by atoms with Gasteiger partial charge < -0.3 is 0 Å². The van der Waals surface area contributed by atoms with Gasteiger partial charge >= 0.3 is 0 Å². The van der Waals surface area contributed by atoms with Gasteiger partial charge in [0.25, 0.3) is 0 Å². The van der Waals surface area contributed by atoms with Gasteiger partial charge in [0.15, 0.2) is 0 Å². The molecule has 22 heavy (non-hydrogen) atoms. The molecule has 0 saturated carbocycles. The van der Waals surface area contributed by atoms with Gasteiger partial charge in [-0.3, -0.25) is 0 Å². The van der Waals surface area contributed by atoms with Gasteiger partial charge in [-0.05, 0) is 48.3 Å². The lowest BCUT2D eigenvalue weighted by atomic mass is 9.75. The third kappa shape index (κ3) is 2.51. The second-order valence-electron chi connectivity index (χ2n) is 6.95. The van der Waals surface area contributed by atoms with Crippen LogP contribution in [-0.2, 0) is 12.8 Å². The number of hydrogen-bond acceptors (Lipinski definition) is 2. The minimum absolute atomic E-state index is 0.307. The molecule has 2 heteroatoms. The second-order valence-corrected chi connectivity index (χ2v) is 8.06. The number of benzene rings is 1. The molecular formula is C20H21NS. The molecule has 1 aliphatic rings. The molecule has 0 atom stereocenters. The number of hydrogen-bond donors (Lipinski definition) is 0. The topological polar surface area (TPSA) is 23.8 Å². The molecule has 2 aromatic rings. The number of allylic oxidation sites excluding steroid dienone is 1. The van der Waals surface area contributed by atoms with E-state index < -0.39 is 0 Å². The number of rotatable bonds is 2. The van der Waals surface area contributed by atoms with Crippen LogP contribution in [0.1, 0.15) is 41.8 Å². The van der Waals surface area contributed by atoms with E-state index in [4.69, 9.17) is 0 Å². The van der Waals surface area contributed by atoms with E-state index in [1.165, 1.54) is 32.9 Å². The molecule has 1 aromatic heterocycles. The van der Waals surface area contributed by atoms with Crippen molar-refractivity contribution in [2.45, 2.75) is 40.0 Å². The van der Waals surface area contributed by atoms with Crippen LogP contribution in [0.2, 0.25) is 0 Å². The van der Waals surface area contributed by atoms with Crippen molar-refractivity contribution in [3.05, 3.63) is 52.4 Å². The summed E-state index contributed by atoms with van der Waals surface area (Å²) in [5.74, 6) is 0. The third-order valence-corrected chi connectivity index (χ3v) is 5.93. The fourth-order valence-electron chi connectivity index (χ4n) is 3.31. The molecular weight excluding hydrogens is 286 g/mol. The average Bonchev–Trinajstić information content (AvgIpc) is 2.84. The van der Waals surface area contributed by atoms with E-state index in [-0.39, 0.29) is 0 Å². The average molecular weight is 307 g/mol. The third-order valence-electron chi connectivity index (χ3n) is 4.60. The zero-order valence-electron chi connectivity index (χ0n) is 13.5. The van der Waals surface area contributed by atoms with Gasteiger partial charge in [0, 0.05) is 15.3 Å². The molecule has 0 bridgehead atoms. The van der Waals surface area contributed by atoms with Crippen LogP contribution in [0.4, 0.5) is 0 Å². The molecule has 0 radical (unpaired) electrons. The lowest BCUT2D eigenvalue weighted by Crippen LogP contribution is -2.21. The fraction of sp³-hybridized carbons (Fsp3) is 0.350. The standard InChI is InChI=1S/C20H21NS/c1-13-7-5-6-8-15(13)19-18(14(2)12-21)16-11-20(3,4)10-9-17(16)22-19/h5-8H,2,9-11H2,1,3-4H3. The minimum atomic E-state index is 0.307. The second kappa shape index (κ2) is 5.41. The van der Waals surface area contributed by atoms with E-state index >= 15 is 0 Å². The molecule has 1 aliphatic carbocycles. The van der Waals surface area contributed by atoms with Gasteiger partial charge in [0.2, 0.25) is 0 Å². The first kappa shape index (κ1) is 15.1. The van der Waals surface area contributed by atoms with E-state index in [0.717, 1.165) is 18.4 Å². The maximum Gasteiger partial charge on any atom is 0.0992 e. The maximum absolute atomic E-state index is 9.43. The van der Waals surface area contributed by atoms with E-state index in [1.807, 2.05) is 11.3 Å². The molecule has 1 nitrogen and oxygen atoms in total. The summed E-state index contributed by atoms with van der Waals surface area (Å²) in [6.45, 7) is 10.8. The Morgan fingerprint density at radius 1 is 1.32 bits per heavy atom. The highest BCUT2D eigenvalue weighted by atomic mass is 32.1. The summed E-state index contributed by atoms with van der Waals surface area (Å²) in [6, 6.07) is 10.7. The summed E-state index contributed by atoms with van der Waals surface area (Å²) in [7, 11) is 0. The quantitative estimate of drug-likeness (QED) is 0.646. The Kier molecular flexibility index (Phi) is 3.70. The molecule has 1 heterocycles. The van der Waals surface area contributed by atoms with Crippen molar-refractivity contribution in [3.8, 4) is 16.5 Å². The SMILES string of the molecule is C=C(C#N)c1c(-c2ccccc2C)sc2c1CC(C)(C)CC2. The first-order chi connectivity index (χ1) is 10.4. The van der Waals surface area contributed by atoms with Gasteiger partial charge in [0.05, 0.1) is 11.6 Å². The van der Waals surface area contributed by atoms with Crippen molar-refractivity contribution in [1.29, 1.82) is 5.26 Å². The molecule has 0 spiro atoms. The van der Waals surface area contributed by atoms with Crippen LogP contribution in [0.25, 0.3) is 16.0 Å². The van der Waals surface area contributed by atoms with Crippen molar-refractivity contribution in [2.24, 2.45) is 5.41 Å². The van der Waals surface area contributed by atoms with E-state index in [1.54, 1.807) is 0 Å². The summed E-state index contributed by atoms with van der Waals surface area (Å²) in [5.41, 5.74) is 5.88. The zero-order chi connectivity index (χ0) is 15.9. The molecule has 0 saturated heterocycles. The highest BCUT2D eigenvalue weighted by molar-refractivity contribution is 7.16. The number of thiophene rings is 1. The number of aryl methyl sites for hydroxylation is 2. The number of fused-ring (bicyclic) bond motifs is 1. The van der Waals surface area contributed by atoms with Crippen molar-refractivity contribution in [3.63, 3.8) is 0 Å². The molecule has 0 amide bonds. The molecule has 0 N–H and O–H groups in total. The highest BCUT2D eigenvalue weighted by Gasteiger charge is 2.31. The van der Waals surface area contributed by atoms with Crippen LogP contribution < -0.4 is 0 Å². The zero-order valence-corrected chi connectivity index (χ0v) is 14.3. The highest BCUT2D eigenvalue weighted by Crippen LogP contribution is 2.47. The van der Waals surface area contributed by atoms with Crippen molar-refractivity contribution >= 4 is 16.9 Å². The Morgan fingerprint density at radius 2 is 2.05 bits per heavy atom. The summed E-state index contributed by atoms with van der Waals surface area (Å²) in [4.78, 5) is 2.68. The number of nitrogens with zero attached hydrogens (tertiary/aromatic N) is 1. The van der Waals surface area contributed by atoms with Crippen LogP contribution in [0.15, 0.2) is 30.8 Å². The largest absolute Gasteiger partial charge is 0.192 e. The summed E-state index contributed by atoms with van der Waals surface area (Å²) in [5, 5.41) is 9.43. The minimum Gasteiger partial charge on any atom is -0.192 e. The van der Waals surface area contributed by atoms with Gasteiger partial charge in [-0.15, -0.1) is 11.3 Å². The Morgan fingerprint density at radius 3 is 2.73 bits per heavy atom. The monoisotopic (exact) mass is 307 g/mol. The van der Waals surface area contributed by atoms with Crippen molar-refractivity contribution in [2.75, 3.05) is 0 Å². The van der Waals surface area contributed by atoms with Crippen LogP contribution in [0, 0.1) is 23.7 Å². The molecule has 0 fully saturated rings. The van der Waals surface area contributed by atoms with Crippen LogP contribution in [0.3, 0.4) is 0 Å². The predicted molar refractivity (Wildman–Crippen MR) is 94.9 cm³/mol. The van der Waals surface area contributed by atoms with Crippen molar-refractivity contribution < 1.29 is 0 Å². The Balaban J connectivity index is 2.25. The maximum atomic E-state index is 9.43. The van der Waals surface area contributed by atoms with E-state index in [9.17, 15) is 5.26 Å². The Labute approximate surface area is 136 Å². The Hall–Kier alpha value is -1.85. The van der Waals surface area contributed by atoms with Crippen LogP contribution in [0.5, 0.6) is 0 Å². The first-order valence-corrected chi connectivity index (χ1v) is 8.54. The van der Waals surface area contributed by atoms with Gasteiger partial charge in [-0.1, -0.05) is 44.7 Å². The van der Waals surface area contributed by atoms with E-state index in [0.29, 0.717) is 11.0 Å².